The molecule has 2 aromatic rings. The van der Waals surface area contributed by atoms with Gasteiger partial charge >= 0.3 is 0 Å². The van der Waals surface area contributed by atoms with Crippen molar-refractivity contribution < 1.29 is 23.9 Å². The molecule has 5 rings (SSSR count). The predicted molar refractivity (Wildman–Crippen MR) is 138 cm³/mol. The van der Waals surface area contributed by atoms with Gasteiger partial charge in [0.1, 0.15) is 11.8 Å². The largest absolute Gasteiger partial charge is 0.376 e. The molecule has 2 atom stereocenters. The number of nitrogens with one attached hydrogen (secondary N) is 1. The molecule has 0 aromatic heterocycles. The van der Waals surface area contributed by atoms with Gasteiger partial charge in [-0.15, -0.1) is 0 Å². The molecule has 196 valence electrons. The molecule has 0 saturated carbocycles. The number of benzene rings is 2. The van der Waals surface area contributed by atoms with Crippen LogP contribution in [-0.4, -0.2) is 78.2 Å². The van der Waals surface area contributed by atoms with Gasteiger partial charge in [-0.2, -0.15) is 0 Å². The second-order valence-electron chi connectivity index (χ2n) is 9.95. The van der Waals surface area contributed by atoms with Crippen molar-refractivity contribution in [3.63, 3.8) is 0 Å². The quantitative estimate of drug-likeness (QED) is 0.646. The number of hydrogen-bond donors (Lipinski definition) is 1. The van der Waals surface area contributed by atoms with Crippen molar-refractivity contribution in [3.05, 3.63) is 70.2 Å². The molecule has 1 N–H and O–H groups in total. The van der Waals surface area contributed by atoms with Gasteiger partial charge in [0.25, 0.3) is 11.8 Å². The second-order valence-corrected chi connectivity index (χ2v) is 10.4. The van der Waals surface area contributed by atoms with Crippen molar-refractivity contribution in [3.8, 4) is 0 Å². The summed E-state index contributed by atoms with van der Waals surface area (Å²) < 4.78 is 11.9. The Morgan fingerprint density at radius 1 is 1.08 bits per heavy atom. The first-order valence-corrected chi connectivity index (χ1v) is 13.2. The normalized spacial score (nSPS) is 22.9. The van der Waals surface area contributed by atoms with Crippen LogP contribution in [0.5, 0.6) is 0 Å². The van der Waals surface area contributed by atoms with Gasteiger partial charge < -0.3 is 19.7 Å². The van der Waals surface area contributed by atoms with Crippen LogP contribution in [0.25, 0.3) is 0 Å². The Morgan fingerprint density at radius 3 is 2.57 bits per heavy atom. The SMILES string of the molecule is Cc1ccccc1C(=O)N1[C@H](C(=O)NC[C@H]2CCCO2)COC12CCN(C(=O)c1cccc(Cl)c1)CC2. The van der Waals surface area contributed by atoms with Crippen molar-refractivity contribution in [1.29, 1.82) is 0 Å². The average molecular weight is 526 g/mol. The van der Waals surface area contributed by atoms with E-state index in [1.54, 1.807) is 40.1 Å². The highest BCUT2D eigenvalue weighted by atomic mass is 35.5. The highest BCUT2D eigenvalue weighted by Gasteiger charge is 2.54. The van der Waals surface area contributed by atoms with Crippen LogP contribution in [0.2, 0.25) is 5.02 Å². The number of halogens is 1. The maximum Gasteiger partial charge on any atom is 0.257 e. The van der Waals surface area contributed by atoms with Gasteiger partial charge in [0.05, 0.1) is 12.7 Å². The minimum Gasteiger partial charge on any atom is -0.376 e. The molecule has 9 heteroatoms. The lowest BCUT2D eigenvalue weighted by atomic mass is 9.95. The number of aryl methyl sites for hydroxylation is 1. The molecule has 8 nitrogen and oxygen atoms in total. The fourth-order valence-electron chi connectivity index (χ4n) is 5.51. The molecule has 1 spiro atoms. The van der Waals surface area contributed by atoms with Gasteiger partial charge in [-0.25, -0.2) is 0 Å². The maximum atomic E-state index is 13.9. The molecule has 3 amide bonds. The number of ether oxygens (including phenoxy) is 2. The smallest absolute Gasteiger partial charge is 0.257 e. The van der Waals surface area contributed by atoms with Gasteiger partial charge in [-0.3, -0.25) is 19.3 Å². The standard InChI is InChI=1S/C28H32ClN3O5/c1-19-6-2-3-10-23(19)27(35)32-24(25(33)30-17-22-9-5-15-36-22)18-37-28(32)11-13-31(14-12-28)26(34)20-7-4-8-21(29)16-20/h2-4,6-8,10,16,22,24H,5,9,11-15,17-18H2,1H3,(H,30,33)/t22-,24+/m1/s1. The van der Waals surface area contributed by atoms with Crippen molar-refractivity contribution >= 4 is 29.3 Å². The molecule has 2 aromatic carbocycles. The molecular formula is C28H32ClN3O5. The third kappa shape index (κ3) is 5.23. The average Bonchev–Trinajstić information content (AvgIpc) is 3.56. The Morgan fingerprint density at radius 2 is 1.86 bits per heavy atom. The van der Waals surface area contributed by atoms with Gasteiger partial charge in [0, 0.05) is 55.2 Å². The van der Waals surface area contributed by atoms with Crippen LogP contribution < -0.4 is 5.32 Å². The summed E-state index contributed by atoms with van der Waals surface area (Å²) in [5, 5.41) is 3.48. The number of amides is 3. The number of piperidine rings is 1. The van der Waals surface area contributed by atoms with Gasteiger partial charge in [0.2, 0.25) is 5.91 Å². The summed E-state index contributed by atoms with van der Waals surface area (Å²) in [6.45, 7) is 3.91. The predicted octanol–water partition coefficient (Wildman–Crippen LogP) is 3.42. The minimum absolute atomic E-state index is 0.00138. The zero-order chi connectivity index (χ0) is 26.0. The Hall–Kier alpha value is -2.94. The molecule has 0 aliphatic carbocycles. The molecule has 3 fully saturated rings. The van der Waals surface area contributed by atoms with Crippen LogP contribution in [0.4, 0.5) is 0 Å². The third-order valence-corrected chi connectivity index (χ3v) is 7.82. The van der Waals surface area contributed by atoms with E-state index in [-0.39, 0.29) is 30.4 Å². The molecule has 3 saturated heterocycles. The van der Waals surface area contributed by atoms with Crippen LogP contribution >= 0.6 is 11.6 Å². The number of nitrogens with zero attached hydrogens (tertiary/aromatic N) is 2. The molecule has 3 aliphatic rings. The van der Waals surface area contributed by atoms with E-state index < -0.39 is 11.8 Å². The van der Waals surface area contributed by atoms with Gasteiger partial charge in [-0.05, 0) is 49.6 Å². The van der Waals surface area contributed by atoms with Crippen molar-refractivity contribution in [2.75, 3.05) is 32.8 Å². The fraction of sp³-hybridized carbons (Fsp3) is 0.464. The molecule has 3 heterocycles. The molecule has 0 bridgehead atoms. The highest BCUT2D eigenvalue weighted by molar-refractivity contribution is 6.30. The lowest BCUT2D eigenvalue weighted by Crippen LogP contribution is -2.60. The van der Waals surface area contributed by atoms with Crippen molar-refractivity contribution in [1.82, 2.24) is 15.1 Å². The molecule has 37 heavy (non-hydrogen) atoms. The molecular weight excluding hydrogens is 494 g/mol. The van der Waals surface area contributed by atoms with Crippen LogP contribution in [0, 0.1) is 6.92 Å². The summed E-state index contributed by atoms with van der Waals surface area (Å²) in [7, 11) is 0. The second kappa shape index (κ2) is 10.8. The zero-order valence-corrected chi connectivity index (χ0v) is 21.7. The Kier molecular flexibility index (Phi) is 7.51. The van der Waals surface area contributed by atoms with Crippen LogP contribution in [-0.2, 0) is 14.3 Å². The highest BCUT2D eigenvalue weighted by Crippen LogP contribution is 2.39. The summed E-state index contributed by atoms with van der Waals surface area (Å²) >= 11 is 6.08. The Balaban J connectivity index is 1.36. The summed E-state index contributed by atoms with van der Waals surface area (Å²) in [4.78, 5) is 43.7. The lowest BCUT2D eigenvalue weighted by Gasteiger charge is -2.44. The first-order chi connectivity index (χ1) is 17.9. The van der Waals surface area contributed by atoms with E-state index in [2.05, 4.69) is 5.32 Å². The van der Waals surface area contributed by atoms with Crippen LogP contribution in [0.1, 0.15) is 52.0 Å². The van der Waals surface area contributed by atoms with E-state index >= 15 is 0 Å². The van der Waals surface area contributed by atoms with Crippen molar-refractivity contribution in [2.24, 2.45) is 0 Å². The van der Waals surface area contributed by atoms with E-state index in [9.17, 15) is 14.4 Å². The van der Waals surface area contributed by atoms with E-state index in [1.807, 2.05) is 25.1 Å². The maximum absolute atomic E-state index is 13.9. The van der Waals surface area contributed by atoms with Gasteiger partial charge in [0.15, 0.2) is 0 Å². The zero-order valence-electron chi connectivity index (χ0n) is 21.0. The van der Waals surface area contributed by atoms with E-state index in [4.69, 9.17) is 21.1 Å². The lowest BCUT2D eigenvalue weighted by molar-refractivity contribution is -0.128. The first kappa shape index (κ1) is 25.7. The number of likely N-dealkylation sites (tertiary alicyclic amines) is 1. The number of rotatable bonds is 5. The fourth-order valence-corrected chi connectivity index (χ4v) is 5.70. The summed E-state index contributed by atoms with van der Waals surface area (Å²) in [6, 6.07) is 13.5. The van der Waals surface area contributed by atoms with Crippen molar-refractivity contribution in [2.45, 2.75) is 50.5 Å². The first-order valence-electron chi connectivity index (χ1n) is 12.9. The molecule has 0 radical (unpaired) electrons. The monoisotopic (exact) mass is 525 g/mol. The summed E-state index contributed by atoms with van der Waals surface area (Å²) in [5.74, 6) is -0.591. The Bertz CT molecular complexity index is 1170. The topological polar surface area (TPSA) is 88.2 Å². The number of hydrogen-bond acceptors (Lipinski definition) is 5. The summed E-state index contributed by atoms with van der Waals surface area (Å²) in [6.07, 6.45) is 2.71. The van der Waals surface area contributed by atoms with E-state index in [0.717, 1.165) is 18.4 Å². The molecule has 3 aliphatic heterocycles. The van der Waals surface area contributed by atoms with Crippen LogP contribution in [0.15, 0.2) is 48.5 Å². The van der Waals surface area contributed by atoms with E-state index in [1.165, 1.54) is 0 Å². The summed E-state index contributed by atoms with van der Waals surface area (Å²) in [5.41, 5.74) is 0.939. The minimum atomic E-state index is -0.962. The number of carbonyl (C=O) groups is 3. The van der Waals surface area contributed by atoms with Crippen LogP contribution in [0.3, 0.4) is 0 Å². The van der Waals surface area contributed by atoms with E-state index in [0.29, 0.717) is 55.2 Å². The van der Waals surface area contributed by atoms with Gasteiger partial charge in [-0.1, -0.05) is 35.9 Å². The molecule has 0 unspecified atom stereocenters. The number of carbonyl (C=O) groups excluding carboxylic acids is 3. The third-order valence-electron chi connectivity index (χ3n) is 7.59. The Labute approximate surface area is 221 Å².